The lowest BCUT2D eigenvalue weighted by molar-refractivity contribution is 0.0697. The van der Waals surface area contributed by atoms with E-state index in [1.807, 2.05) is 0 Å². The lowest BCUT2D eigenvalue weighted by Gasteiger charge is -2.10. The standard InChI is InChI=1S/C14H10Cl2FNO2/c15-11-2-1-3-13(17)10(11)7-18-8-4-5-12(16)9(6-8)14(19)20/h1-6,18H,7H2,(H,19,20). The molecule has 0 heterocycles. The molecule has 104 valence electrons. The summed E-state index contributed by atoms with van der Waals surface area (Å²) in [5, 5.41) is 12.3. The van der Waals surface area contributed by atoms with Crippen molar-refractivity contribution in [2.45, 2.75) is 6.54 Å². The Bertz CT molecular complexity index is 641. The van der Waals surface area contributed by atoms with E-state index in [2.05, 4.69) is 5.32 Å². The van der Waals surface area contributed by atoms with Crippen molar-refractivity contribution in [1.29, 1.82) is 0 Å². The van der Waals surface area contributed by atoms with Crippen molar-refractivity contribution in [2.24, 2.45) is 0 Å². The van der Waals surface area contributed by atoms with Crippen LogP contribution in [0.3, 0.4) is 0 Å². The number of halogens is 3. The summed E-state index contributed by atoms with van der Waals surface area (Å²) in [4.78, 5) is 11.0. The molecule has 0 unspecified atom stereocenters. The van der Waals surface area contributed by atoms with Crippen molar-refractivity contribution >= 4 is 34.9 Å². The summed E-state index contributed by atoms with van der Waals surface area (Å²) >= 11 is 11.7. The molecule has 0 atom stereocenters. The molecule has 0 aliphatic carbocycles. The molecule has 20 heavy (non-hydrogen) atoms. The summed E-state index contributed by atoms with van der Waals surface area (Å²) in [5.74, 6) is -1.54. The number of aromatic carboxylic acids is 1. The van der Waals surface area contributed by atoms with Crippen molar-refractivity contribution in [3.63, 3.8) is 0 Å². The van der Waals surface area contributed by atoms with E-state index in [4.69, 9.17) is 28.3 Å². The number of rotatable bonds is 4. The Labute approximate surface area is 124 Å². The van der Waals surface area contributed by atoms with E-state index in [-0.39, 0.29) is 17.1 Å². The molecule has 0 amide bonds. The second kappa shape index (κ2) is 6.11. The molecular formula is C14H10Cl2FNO2. The number of carboxylic acids is 1. The number of hydrogen-bond donors (Lipinski definition) is 2. The van der Waals surface area contributed by atoms with Gasteiger partial charge in [-0.05, 0) is 30.3 Å². The van der Waals surface area contributed by atoms with Crippen LogP contribution < -0.4 is 5.32 Å². The Balaban J connectivity index is 2.19. The van der Waals surface area contributed by atoms with Crippen LogP contribution in [0.25, 0.3) is 0 Å². The van der Waals surface area contributed by atoms with Crippen molar-refractivity contribution in [2.75, 3.05) is 5.32 Å². The first-order valence-corrected chi connectivity index (χ1v) is 6.44. The highest BCUT2D eigenvalue weighted by Gasteiger charge is 2.10. The highest BCUT2D eigenvalue weighted by atomic mass is 35.5. The molecule has 0 saturated carbocycles. The summed E-state index contributed by atoms with van der Waals surface area (Å²) in [6.45, 7) is 0.145. The van der Waals surface area contributed by atoms with Gasteiger partial charge in [0.25, 0.3) is 0 Å². The number of benzene rings is 2. The first-order valence-electron chi connectivity index (χ1n) is 5.68. The van der Waals surface area contributed by atoms with Crippen LogP contribution in [0.2, 0.25) is 10.0 Å². The minimum atomic E-state index is -1.12. The van der Waals surface area contributed by atoms with Gasteiger partial charge in [-0.15, -0.1) is 0 Å². The first kappa shape index (κ1) is 14.6. The zero-order chi connectivity index (χ0) is 14.7. The third-order valence-electron chi connectivity index (χ3n) is 2.73. The number of hydrogen-bond acceptors (Lipinski definition) is 2. The van der Waals surface area contributed by atoms with Crippen molar-refractivity contribution in [1.82, 2.24) is 0 Å². The molecule has 2 rings (SSSR count). The molecule has 0 aromatic heterocycles. The van der Waals surface area contributed by atoms with Crippen LogP contribution in [-0.4, -0.2) is 11.1 Å². The van der Waals surface area contributed by atoms with Crippen molar-refractivity contribution in [3.8, 4) is 0 Å². The van der Waals surface area contributed by atoms with Gasteiger partial charge in [0.05, 0.1) is 10.6 Å². The van der Waals surface area contributed by atoms with Crippen LogP contribution in [0.4, 0.5) is 10.1 Å². The smallest absolute Gasteiger partial charge is 0.337 e. The van der Waals surface area contributed by atoms with Gasteiger partial charge < -0.3 is 10.4 Å². The molecular weight excluding hydrogens is 304 g/mol. The molecule has 2 aromatic rings. The van der Waals surface area contributed by atoms with Gasteiger partial charge in [-0.2, -0.15) is 0 Å². The molecule has 0 aliphatic rings. The van der Waals surface area contributed by atoms with E-state index in [9.17, 15) is 9.18 Å². The van der Waals surface area contributed by atoms with Gasteiger partial charge in [0.15, 0.2) is 0 Å². The topological polar surface area (TPSA) is 49.3 Å². The fraction of sp³-hybridized carbons (Fsp3) is 0.0714. The third-order valence-corrected chi connectivity index (χ3v) is 3.41. The largest absolute Gasteiger partial charge is 0.478 e. The summed E-state index contributed by atoms with van der Waals surface area (Å²) < 4.78 is 13.6. The van der Waals surface area contributed by atoms with Gasteiger partial charge in [-0.25, -0.2) is 9.18 Å². The first-order chi connectivity index (χ1) is 9.49. The van der Waals surface area contributed by atoms with Gasteiger partial charge in [0, 0.05) is 22.8 Å². The second-order valence-corrected chi connectivity index (χ2v) is 4.87. The Morgan fingerprint density at radius 3 is 2.60 bits per heavy atom. The summed E-state index contributed by atoms with van der Waals surface area (Å²) in [6.07, 6.45) is 0. The molecule has 6 heteroatoms. The number of anilines is 1. The summed E-state index contributed by atoms with van der Waals surface area (Å²) in [6, 6.07) is 8.89. The lowest BCUT2D eigenvalue weighted by atomic mass is 10.1. The van der Waals surface area contributed by atoms with Crippen LogP contribution in [0.5, 0.6) is 0 Å². The molecule has 2 N–H and O–H groups in total. The predicted molar refractivity (Wildman–Crippen MR) is 77.1 cm³/mol. The Hall–Kier alpha value is -1.78. The molecule has 0 radical (unpaired) electrons. The van der Waals surface area contributed by atoms with Gasteiger partial charge in [-0.3, -0.25) is 0 Å². The van der Waals surface area contributed by atoms with Crippen LogP contribution in [0.1, 0.15) is 15.9 Å². The third kappa shape index (κ3) is 3.21. The van der Waals surface area contributed by atoms with Gasteiger partial charge >= 0.3 is 5.97 Å². The van der Waals surface area contributed by atoms with Crippen molar-refractivity contribution < 1.29 is 14.3 Å². The molecule has 0 saturated heterocycles. The van der Waals surface area contributed by atoms with Gasteiger partial charge in [0.2, 0.25) is 0 Å². The van der Waals surface area contributed by atoms with E-state index < -0.39 is 11.8 Å². The van der Waals surface area contributed by atoms with Gasteiger partial charge in [0.1, 0.15) is 5.82 Å². The molecule has 3 nitrogen and oxygen atoms in total. The van der Waals surface area contributed by atoms with E-state index in [0.717, 1.165) is 0 Å². The minimum absolute atomic E-state index is 0.0173. The van der Waals surface area contributed by atoms with Crippen LogP contribution in [0.15, 0.2) is 36.4 Å². The number of nitrogens with one attached hydrogen (secondary N) is 1. The van der Waals surface area contributed by atoms with Crippen LogP contribution in [0, 0.1) is 5.82 Å². The maximum atomic E-state index is 13.6. The molecule has 0 fully saturated rings. The molecule has 2 aromatic carbocycles. The Morgan fingerprint density at radius 1 is 1.20 bits per heavy atom. The molecule has 0 spiro atoms. The predicted octanol–water partition coefficient (Wildman–Crippen LogP) is 4.44. The number of carboxylic acid groups (broad SMARTS) is 1. The zero-order valence-electron chi connectivity index (χ0n) is 10.2. The fourth-order valence-corrected chi connectivity index (χ4v) is 2.12. The maximum Gasteiger partial charge on any atom is 0.337 e. The van der Waals surface area contributed by atoms with E-state index in [0.29, 0.717) is 16.3 Å². The SMILES string of the molecule is O=C(O)c1cc(NCc2c(F)cccc2Cl)ccc1Cl. The average molecular weight is 314 g/mol. The highest BCUT2D eigenvalue weighted by molar-refractivity contribution is 6.33. The second-order valence-electron chi connectivity index (χ2n) is 4.05. The molecule has 0 aliphatic heterocycles. The molecule has 0 bridgehead atoms. The fourth-order valence-electron chi connectivity index (χ4n) is 1.69. The monoisotopic (exact) mass is 313 g/mol. The summed E-state index contributed by atoms with van der Waals surface area (Å²) in [7, 11) is 0. The minimum Gasteiger partial charge on any atom is -0.478 e. The summed E-state index contributed by atoms with van der Waals surface area (Å²) in [5.41, 5.74) is 0.823. The number of carbonyl (C=O) groups is 1. The Morgan fingerprint density at radius 2 is 1.95 bits per heavy atom. The van der Waals surface area contributed by atoms with Crippen LogP contribution in [-0.2, 0) is 6.54 Å². The quantitative estimate of drug-likeness (QED) is 0.877. The zero-order valence-corrected chi connectivity index (χ0v) is 11.7. The van der Waals surface area contributed by atoms with Gasteiger partial charge in [-0.1, -0.05) is 29.3 Å². The van der Waals surface area contributed by atoms with Crippen LogP contribution >= 0.6 is 23.2 Å². The Kier molecular flexibility index (Phi) is 4.47. The van der Waals surface area contributed by atoms with E-state index in [1.54, 1.807) is 12.1 Å². The van der Waals surface area contributed by atoms with E-state index >= 15 is 0 Å². The van der Waals surface area contributed by atoms with Crippen molar-refractivity contribution in [3.05, 3.63) is 63.4 Å². The maximum absolute atomic E-state index is 13.6. The lowest BCUT2D eigenvalue weighted by Crippen LogP contribution is -2.04. The van der Waals surface area contributed by atoms with E-state index in [1.165, 1.54) is 24.3 Å². The normalized spacial score (nSPS) is 10.3. The average Bonchev–Trinajstić information content (AvgIpc) is 2.39. The highest BCUT2D eigenvalue weighted by Crippen LogP contribution is 2.23.